The lowest BCUT2D eigenvalue weighted by molar-refractivity contribution is 0.0996. The molecule has 2 aromatic rings. The van der Waals surface area contributed by atoms with E-state index in [4.69, 9.17) is 0 Å². The lowest BCUT2D eigenvalue weighted by atomic mass is 10.0. The Hall–Kier alpha value is -2.29. The molecule has 3 heteroatoms. The van der Waals surface area contributed by atoms with Crippen LogP contribution in [-0.4, -0.2) is 20.0 Å². The quantitative estimate of drug-likeness (QED) is 0.524. The zero-order valence-electron chi connectivity index (χ0n) is 17.0. The number of carbonyl (C=O) groups excluding carboxylic acids is 1. The smallest absolute Gasteiger partial charge is 0.258 e. The van der Waals surface area contributed by atoms with Gasteiger partial charge < -0.3 is 9.80 Å². The molecule has 3 rings (SSSR count). The van der Waals surface area contributed by atoms with Crippen LogP contribution in [0.1, 0.15) is 66.9 Å². The Bertz CT molecular complexity index is 764. The summed E-state index contributed by atoms with van der Waals surface area (Å²) in [5, 5.41) is 0. The predicted molar refractivity (Wildman–Crippen MR) is 115 cm³/mol. The van der Waals surface area contributed by atoms with Crippen molar-refractivity contribution in [3.05, 3.63) is 59.2 Å². The first-order chi connectivity index (χ1) is 13.1. The second-order valence-electron chi connectivity index (χ2n) is 7.81. The maximum absolute atomic E-state index is 12.8. The molecule has 27 heavy (non-hydrogen) atoms. The normalized spacial score (nSPS) is 13.1. The molecule has 1 heterocycles. The van der Waals surface area contributed by atoms with Gasteiger partial charge in [-0.25, -0.2) is 0 Å². The zero-order chi connectivity index (χ0) is 19.2. The summed E-state index contributed by atoms with van der Waals surface area (Å²) in [7, 11) is 4.05. The lowest BCUT2D eigenvalue weighted by Gasteiger charge is -2.16. The molecule has 0 aromatic heterocycles. The van der Waals surface area contributed by atoms with Gasteiger partial charge >= 0.3 is 0 Å². The summed E-state index contributed by atoms with van der Waals surface area (Å²) in [6.45, 7) is 2.92. The van der Waals surface area contributed by atoms with Crippen molar-refractivity contribution in [2.75, 3.05) is 23.9 Å². The molecule has 0 aliphatic carbocycles. The van der Waals surface area contributed by atoms with Crippen LogP contribution < -0.4 is 9.80 Å². The molecule has 0 saturated heterocycles. The van der Waals surface area contributed by atoms with E-state index in [-0.39, 0.29) is 5.91 Å². The van der Waals surface area contributed by atoms with Crippen LogP contribution in [0.2, 0.25) is 0 Å². The molecule has 1 aliphatic rings. The first kappa shape index (κ1) is 19.5. The molecule has 0 spiro atoms. The number of fused-ring (bicyclic) bond motifs is 1. The van der Waals surface area contributed by atoms with Crippen LogP contribution in [0.4, 0.5) is 11.4 Å². The van der Waals surface area contributed by atoms with E-state index in [0.29, 0.717) is 6.54 Å². The van der Waals surface area contributed by atoms with Crippen molar-refractivity contribution in [1.29, 1.82) is 0 Å². The Labute approximate surface area is 164 Å². The van der Waals surface area contributed by atoms with Gasteiger partial charge in [-0.15, -0.1) is 0 Å². The largest absolute Gasteiger partial charge is 0.378 e. The predicted octanol–water partition coefficient (Wildman–Crippen LogP) is 5.82. The van der Waals surface area contributed by atoms with Gasteiger partial charge in [0.15, 0.2) is 0 Å². The van der Waals surface area contributed by atoms with Gasteiger partial charge in [0.25, 0.3) is 5.91 Å². The summed E-state index contributed by atoms with van der Waals surface area (Å²) < 4.78 is 0. The molecule has 0 fully saturated rings. The summed E-state index contributed by atoms with van der Waals surface area (Å²) in [4.78, 5) is 16.7. The summed E-state index contributed by atoms with van der Waals surface area (Å²) in [5.74, 6) is 0.110. The van der Waals surface area contributed by atoms with Crippen molar-refractivity contribution in [3.63, 3.8) is 0 Å². The van der Waals surface area contributed by atoms with E-state index < -0.39 is 0 Å². The Morgan fingerprint density at radius 1 is 0.926 bits per heavy atom. The topological polar surface area (TPSA) is 23.6 Å². The van der Waals surface area contributed by atoms with Crippen molar-refractivity contribution in [3.8, 4) is 0 Å². The van der Waals surface area contributed by atoms with Gasteiger partial charge in [0.2, 0.25) is 0 Å². The first-order valence-electron chi connectivity index (χ1n) is 10.3. The monoisotopic (exact) mass is 364 g/mol. The minimum atomic E-state index is 0.110. The molecule has 144 valence electrons. The van der Waals surface area contributed by atoms with Gasteiger partial charge in [0, 0.05) is 31.0 Å². The fourth-order valence-electron chi connectivity index (χ4n) is 3.75. The van der Waals surface area contributed by atoms with Crippen molar-refractivity contribution < 1.29 is 4.79 Å². The SMILES string of the molecule is CCCCCCCCc1ccc(N2Cc3cc(N(C)C)ccc3C2=O)cc1. The van der Waals surface area contributed by atoms with E-state index in [0.717, 1.165) is 28.9 Å². The van der Waals surface area contributed by atoms with Gasteiger partial charge in [0.1, 0.15) is 0 Å². The number of hydrogen-bond donors (Lipinski definition) is 0. The molecule has 0 radical (unpaired) electrons. The van der Waals surface area contributed by atoms with E-state index in [2.05, 4.69) is 42.2 Å². The van der Waals surface area contributed by atoms with Crippen LogP contribution in [-0.2, 0) is 13.0 Å². The highest BCUT2D eigenvalue weighted by molar-refractivity contribution is 6.10. The molecule has 0 saturated carbocycles. The average molecular weight is 365 g/mol. The molecular formula is C24H32N2O. The third kappa shape index (κ3) is 4.71. The lowest BCUT2D eigenvalue weighted by Crippen LogP contribution is -2.22. The number of anilines is 2. The fraction of sp³-hybridized carbons (Fsp3) is 0.458. The highest BCUT2D eigenvalue weighted by Crippen LogP contribution is 2.31. The second kappa shape index (κ2) is 9.07. The Balaban J connectivity index is 1.58. The second-order valence-corrected chi connectivity index (χ2v) is 7.81. The number of carbonyl (C=O) groups is 1. The van der Waals surface area contributed by atoms with Crippen molar-refractivity contribution in [2.45, 2.75) is 58.4 Å². The summed E-state index contributed by atoms with van der Waals surface area (Å²) in [6, 6.07) is 14.7. The number of aryl methyl sites for hydroxylation is 1. The van der Waals surface area contributed by atoms with Crippen LogP contribution in [0.5, 0.6) is 0 Å². The molecular weight excluding hydrogens is 332 g/mol. The van der Waals surface area contributed by atoms with E-state index in [1.54, 1.807) is 0 Å². The van der Waals surface area contributed by atoms with Crippen LogP contribution in [0, 0.1) is 0 Å². The maximum atomic E-state index is 12.8. The van der Waals surface area contributed by atoms with Gasteiger partial charge in [-0.1, -0.05) is 51.2 Å². The molecule has 1 amide bonds. The molecule has 0 unspecified atom stereocenters. The summed E-state index contributed by atoms with van der Waals surface area (Å²) >= 11 is 0. The molecule has 1 aliphatic heterocycles. The molecule has 3 nitrogen and oxygen atoms in total. The van der Waals surface area contributed by atoms with Crippen molar-refractivity contribution in [1.82, 2.24) is 0 Å². The molecule has 0 bridgehead atoms. The maximum Gasteiger partial charge on any atom is 0.258 e. The van der Waals surface area contributed by atoms with Gasteiger partial charge in [0.05, 0.1) is 6.54 Å². The minimum absolute atomic E-state index is 0.110. The minimum Gasteiger partial charge on any atom is -0.378 e. The summed E-state index contributed by atoms with van der Waals surface area (Å²) in [6.07, 6.45) is 9.07. The first-order valence-corrected chi connectivity index (χ1v) is 10.3. The van der Waals surface area contributed by atoms with Crippen molar-refractivity contribution >= 4 is 17.3 Å². The van der Waals surface area contributed by atoms with E-state index in [9.17, 15) is 4.79 Å². The third-order valence-corrected chi connectivity index (χ3v) is 5.48. The van der Waals surface area contributed by atoms with Crippen LogP contribution in [0.15, 0.2) is 42.5 Å². The molecule has 0 N–H and O–H groups in total. The van der Waals surface area contributed by atoms with E-state index in [1.165, 1.54) is 44.1 Å². The number of rotatable bonds is 9. The van der Waals surface area contributed by atoms with Gasteiger partial charge in [-0.2, -0.15) is 0 Å². The number of nitrogens with zero attached hydrogens (tertiary/aromatic N) is 2. The van der Waals surface area contributed by atoms with Crippen LogP contribution >= 0.6 is 0 Å². The number of benzene rings is 2. The number of amides is 1. The number of hydrogen-bond acceptors (Lipinski definition) is 2. The highest BCUT2D eigenvalue weighted by Gasteiger charge is 2.28. The molecule has 2 aromatic carbocycles. The van der Waals surface area contributed by atoms with Crippen LogP contribution in [0.25, 0.3) is 0 Å². The number of unbranched alkanes of at least 4 members (excludes halogenated alkanes) is 5. The van der Waals surface area contributed by atoms with E-state index in [1.807, 2.05) is 31.1 Å². The van der Waals surface area contributed by atoms with Crippen LogP contribution in [0.3, 0.4) is 0 Å². The van der Waals surface area contributed by atoms with Gasteiger partial charge in [-0.3, -0.25) is 4.79 Å². The molecule has 0 atom stereocenters. The summed E-state index contributed by atoms with van der Waals surface area (Å²) in [5.41, 5.74) is 5.44. The highest BCUT2D eigenvalue weighted by atomic mass is 16.2. The Morgan fingerprint density at radius 3 is 2.33 bits per heavy atom. The Kier molecular flexibility index (Phi) is 6.54. The fourth-order valence-corrected chi connectivity index (χ4v) is 3.75. The Morgan fingerprint density at radius 2 is 1.63 bits per heavy atom. The average Bonchev–Trinajstić information content (AvgIpc) is 3.01. The van der Waals surface area contributed by atoms with Gasteiger partial charge in [-0.05, 0) is 54.3 Å². The standard InChI is InChI=1S/C24H32N2O/c1-4-5-6-7-8-9-10-19-11-13-21(14-12-19)26-18-20-17-22(25(2)3)15-16-23(20)24(26)27/h11-17H,4-10,18H2,1-3H3. The van der Waals surface area contributed by atoms with E-state index >= 15 is 0 Å². The third-order valence-electron chi connectivity index (χ3n) is 5.48. The van der Waals surface area contributed by atoms with Crippen molar-refractivity contribution in [2.24, 2.45) is 0 Å². The zero-order valence-corrected chi connectivity index (χ0v) is 17.0.